The van der Waals surface area contributed by atoms with E-state index < -0.39 is 0 Å². The second-order valence-electron chi connectivity index (χ2n) is 4.94. The molecule has 1 aromatic rings. The predicted octanol–water partition coefficient (Wildman–Crippen LogP) is 3.58. The Balaban J connectivity index is 2.64. The zero-order valence-electron chi connectivity index (χ0n) is 9.83. The van der Waals surface area contributed by atoms with Crippen LogP contribution in [0.1, 0.15) is 43.4 Å². The highest BCUT2D eigenvalue weighted by atomic mass is 16.4. The number of rotatable bonds is 1. The number of oxime groups is 1. The smallest absolute Gasteiger partial charge is 0.0871 e. The molecule has 84 valence electrons. The molecule has 0 saturated carbocycles. The summed E-state index contributed by atoms with van der Waals surface area (Å²) < 4.78 is 0. The first-order chi connectivity index (χ1) is 7.58. The third kappa shape index (κ3) is 1.64. The molecule has 0 bridgehead atoms. The molecule has 0 amide bonds. The highest BCUT2D eigenvalue weighted by molar-refractivity contribution is 6.03. The topological polar surface area (TPSA) is 32.6 Å². The van der Waals surface area contributed by atoms with E-state index in [0.717, 1.165) is 29.7 Å². The number of hydrogen-bond acceptors (Lipinski definition) is 2. The van der Waals surface area contributed by atoms with E-state index in [1.54, 1.807) is 0 Å². The van der Waals surface area contributed by atoms with Crippen LogP contribution in [0.4, 0.5) is 0 Å². The van der Waals surface area contributed by atoms with Gasteiger partial charge in [-0.05, 0) is 29.4 Å². The summed E-state index contributed by atoms with van der Waals surface area (Å²) in [6.07, 6.45) is 3.70. The fraction of sp³-hybridized carbons (Fsp3) is 0.357. The van der Waals surface area contributed by atoms with Crippen LogP contribution < -0.4 is 0 Å². The van der Waals surface area contributed by atoms with Gasteiger partial charge in [0.05, 0.1) is 5.71 Å². The van der Waals surface area contributed by atoms with Crippen molar-refractivity contribution in [2.45, 2.75) is 32.1 Å². The molecule has 1 aliphatic carbocycles. The van der Waals surface area contributed by atoms with Crippen molar-refractivity contribution in [1.29, 1.82) is 0 Å². The quantitative estimate of drug-likeness (QED) is 0.563. The summed E-state index contributed by atoms with van der Waals surface area (Å²) in [4.78, 5) is 0. The first kappa shape index (κ1) is 10.9. The number of benzene rings is 1. The standard InChI is InChI=1S/C14H17NO/c1-4-10-5-6-11-12(9-10)14(2,3)8-7-13(11)15-16/h4-6,9,16H,1,7-8H2,2-3H3. The van der Waals surface area contributed by atoms with Gasteiger partial charge in [0.2, 0.25) is 0 Å². The zero-order chi connectivity index (χ0) is 11.8. The van der Waals surface area contributed by atoms with Crippen LogP contribution in [0.5, 0.6) is 0 Å². The van der Waals surface area contributed by atoms with Gasteiger partial charge in [-0.1, -0.05) is 49.9 Å². The van der Waals surface area contributed by atoms with Gasteiger partial charge in [0, 0.05) is 5.56 Å². The summed E-state index contributed by atoms with van der Waals surface area (Å²) in [5.41, 5.74) is 4.38. The van der Waals surface area contributed by atoms with Crippen molar-refractivity contribution in [2.75, 3.05) is 0 Å². The van der Waals surface area contributed by atoms with Crippen molar-refractivity contribution >= 4 is 11.8 Å². The van der Waals surface area contributed by atoms with Gasteiger partial charge in [0.25, 0.3) is 0 Å². The molecule has 16 heavy (non-hydrogen) atoms. The largest absolute Gasteiger partial charge is 0.411 e. The van der Waals surface area contributed by atoms with Crippen LogP contribution >= 0.6 is 0 Å². The predicted molar refractivity (Wildman–Crippen MR) is 67.1 cm³/mol. The summed E-state index contributed by atoms with van der Waals surface area (Å²) in [7, 11) is 0. The van der Waals surface area contributed by atoms with Gasteiger partial charge in [-0.2, -0.15) is 0 Å². The van der Waals surface area contributed by atoms with Gasteiger partial charge in [-0.25, -0.2) is 0 Å². The van der Waals surface area contributed by atoms with Crippen molar-refractivity contribution in [3.63, 3.8) is 0 Å². The van der Waals surface area contributed by atoms with Gasteiger partial charge in [-0.15, -0.1) is 0 Å². The second kappa shape index (κ2) is 3.78. The van der Waals surface area contributed by atoms with Crippen LogP contribution in [0.3, 0.4) is 0 Å². The maximum absolute atomic E-state index is 9.00. The Kier molecular flexibility index (Phi) is 2.58. The van der Waals surface area contributed by atoms with E-state index in [9.17, 15) is 0 Å². The van der Waals surface area contributed by atoms with Gasteiger partial charge in [-0.3, -0.25) is 0 Å². The van der Waals surface area contributed by atoms with Crippen molar-refractivity contribution in [3.8, 4) is 0 Å². The van der Waals surface area contributed by atoms with Crippen molar-refractivity contribution < 1.29 is 5.21 Å². The molecule has 0 atom stereocenters. The lowest BCUT2D eigenvalue weighted by molar-refractivity contribution is 0.315. The molecule has 0 aliphatic heterocycles. The van der Waals surface area contributed by atoms with Crippen LogP contribution in [0, 0.1) is 0 Å². The number of fused-ring (bicyclic) bond motifs is 1. The molecular formula is C14H17NO. The molecule has 0 radical (unpaired) electrons. The minimum absolute atomic E-state index is 0.141. The highest BCUT2D eigenvalue weighted by Gasteiger charge is 2.30. The molecule has 0 fully saturated rings. The fourth-order valence-corrected chi connectivity index (χ4v) is 2.30. The summed E-state index contributed by atoms with van der Waals surface area (Å²) in [6.45, 7) is 8.25. The summed E-state index contributed by atoms with van der Waals surface area (Å²) in [5, 5.41) is 12.4. The van der Waals surface area contributed by atoms with E-state index in [1.165, 1.54) is 5.56 Å². The fourth-order valence-electron chi connectivity index (χ4n) is 2.30. The van der Waals surface area contributed by atoms with E-state index in [-0.39, 0.29) is 5.41 Å². The van der Waals surface area contributed by atoms with Gasteiger partial charge < -0.3 is 5.21 Å². The maximum atomic E-state index is 9.00. The summed E-state index contributed by atoms with van der Waals surface area (Å²) >= 11 is 0. The molecule has 2 nitrogen and oxygen atoms in total. The van der Waals surface area contributed by atoms with Crippen LogP contribution in [-0.2, 0) is 5.41 Å². The van der Waals surface area contributed by atoms with Gasteiger partial charge >= 0.3 is 0 Å². The Hall–Kier alpha value is -1.57. The first-order valence-corrected chi connectivity index (χ1v) is 5.57. The molecule has 1 aromatic carbocycles. The second-order valence-corrected chi connectivity index (χ2v) is 4.94. The van der Waals surface area contributed by atoms with Gasteiger partial charge in [0.15, 0.2) is 0 Å². The Morgan fingerprint density at radius 3 is 2.81 bits per heavy atom. The molecule has 0 aromatic heterocycles. The average Bonchev–Trinajstić information content (AvgIpc) is 2.29. The lowest BCUT2D eigenvalue weighted by Gasteiger charge is -2.33. The molecule has 0 heterocycles. The van der Waals surface area contributed by atoms with Gasteiger partial charge in [0.1, 0.15) is 0 Å². The highest BCUT2D eigenvalue weighted by Crippen LogP contribution is 2.37. The van der Waals surface area contributed by atoms with Crippen molar-refractivity contribution in [1.82, 2.24) is 0 Å². The molecule has 0 saturated heterocycles. The minimum Gasteiger partial charge on any atom is -0.411 e. The molecule has 1 N–H and O–H groups in total. The Morgan fingerprint density at radius 2 is 2.19 bits per heavy atom. The Bertz CT molecular complexity index is 458. The minimum atomic E-state index is 0.141. The molecular weight excluding hydrogens is 198 g/mol. The van der Waals surface area contributed by atoms with E-state index >= 15 is 0 Å². The monoisotopic (exact) mass is 215 g/mol. The summed E-state index contributed by atoms with van der Waals surface area (Å²) in [6, 6.07) is 6.19. The normalized spacial score (nSPS) is 20.5. The van der Waals surface area contributed by atoms with E-state index in [2.05, 4.69) is 31.6 Å². The van der Waals surface area contributed by atoms with E-state index in [1.807, 2.05) is 18.2 Å². The Morgan fingerprint density at radius 1 is 1.44 bits per heavy atom. The molecule has 1 aliphatic rings. The van der Waals surface area contributed by atoms with Crippen LogP contribution in [-0.4, -0.2) is 10.9 Å². The lowest BCUT2D eigenvalue weighted by atomic mass is 9.71. The lowest BCUT2D eigenvalue weighted by Crippen LogP contribution is -2.27. The van der Waals surface area contributed by atoms with Crippen molar-refractivity contribution in [3.05, 3.63) is 41.5 Å². The zero-order valence-corrected chi connectivity index (χ0v) is 9.83. The Labute approximate surface area is 96.3 Å². The van der Waals surface area contributed by atoms with E-state index in [4.69, 9.17) is 5.21 Å². The van der Waals surface area contributed by atoms with Crippen LogP contribution in [0.25, 0.3) is 6.08 Å². The first-order valence-electron chi connectivity index (χ1n) is 5.57. The SMILES string of the molecule is C=Cc1ccc2c(c1)C(C)(C)CCC2=NO. The average molecular weight is 215 g/mol. The molecule has 2 heteroatoms. The number of hydrogen-bond donors (Lipinski definition) is 1. The molecule has 0 spiro atoms. The molecule has 0 unspecified atom stereocenters. The molecule has 2 rings (SSSR count). The van der Waals surface area contributed by atoms with E-state index in [0.29, 0.717) is 0 Å². The third-order valence-corrected chi connectivity index (χ3v) is 3.43. The van der Waals surface area contributed by atoms with Crippen LogP contribution in [0.2, 0.25) is 0 Å². The third-order valence-electron chi connectivity index (χ3n) is 3.43. The maximum Gasteiger partial charge on any atom is 0.0871 e. The number of nitrogens with zero attached hydrogens (tertiary/aromatic N) is 1. The van der Waals surface area contributed by atoms with Crippen LogP contribution in [0.15, 0.2) is 29.9 Å². The van der Waals surface area contributed by atoms with Crippen molar-refractivity contribution in [2.24, 2.45) is 5.16 Å². The summed E-state index contributed by atoms with van der Waals surface area (Å²) in [5.74, 6) is 0.